The first kappa shape index (κ1) is 17.9. The molecule has 0 aromatic carbocycles. The number of hydrogen-bond acceptors (Lipinski definition) is 4. The molecule has 0 N–H and O–H groups in total. The number of likely N-dealkylation sites (N-methyl/N-ethyl adjacent to an activating group) is 1. The Morgan fingerprint density at radius 3 is 2.56 bits per heavy atom. The van der Waals surface area contributed by atoms with Gasteiger partial charge in [0.05, 0.1) is 0 Å². The zero-order chi connectivity index (χ0) is 17.8. The first-order chi connectivity index (χ1) is 12.0. The first-order valence-corrected chi connectivity index (χ1v) is 9.18. The van der Waals surface area contributed by atoms with Crippen molar-refractivity contribution in [2.45, 2.75) is 32.2 Å². The zero-order valence-electron chi connectivity index (χ0n) is 15.2. The van der Waals surface area contributed by atoms with Gasteiger partial charge in [0.15, 0.2) is 0 Å². The minimum atomic E-state index is -0.201. The highest BCUT2D eigenvalue weighted by atomic mass is 16.2. The fourth-order valence-corrected chi connectivity index (χ4v) is 3.85. The van der Waals surface area contributed by atoms with Crippen LogP contribution in [0.2, 0.25) is 0 Å². The summed E-state index contributed by atoms with van der Waals surface area (Å²) >= 11 is 0. The summed E-state index contributed by atoms with van der Waals surface area (Å²) in [5, 5.41) is 0. The number of pyridine rings is 1. The van der Waals surface area contributed by atoms with Crippen LogP contribution in [0.1, 0.15) is 25.3 Å². The van der Waals surface area contributed by atoms with Crippen molar-refractivity contribution in [3.8, 4) is 0 Å². The van der Waals surface area contributed by atoms with E-state index in [0.717, 1.165) is 38.9 Å². The molecule has 3 rings (SSSR count). The molecule has 3 heterocycles. The topological polar surface area (TPSA) is 56.8 Å². The lowest BCUT2D eigenvalue weighted by atomic mass is 9.90. The van der Waals surface area contributed by atoms with Crippen molar-refractivity contribution in [2.24, 2.45) is 5.92 Å². The molecule has 2 aliphatic heterocycles. The van der Waals surface area contributed by atoms with Crippen LogP contribution in [0.4, 0.5) is 0 Å². The van der Waals surface area contributed by atoms with Gasteiger partial charge in [0.25, 0.3) is 0 Å². The van der Waals surface area contributed by atoms with Crippen LogP contribution >= 0.6 is 0 Å². The standard InChI is InChI=1S/C19H28N4O2/c1-15(24)23-11-10-21(2)18(14-23)19(25)22-8-5-16(6-9-22)12-17-4-3-7-20-13-17/h3-4,7,13,16,18H,5-6,8-12,14H2,1-2H3/t18-/m1/s1. The highest BCUT2D eigenvalue weighted by Gasteiger charge is 2.35. The number of carbonyl (C=O) groups excluding carboxylic acids is 2. The van der Waals surface area contributed by atoms with Crippen LogP contribution in [0.5, 0.6) is 0 Å². The maximum Gasteiger partial charge on any atom is 0.241 e. The quantitative estimate of drug-likeness (QED) is 0.822. The van der Waals surface area contributed by atoms with E-state index < -0.39 is 0 Å². The van der Waals surface area contributed by atoms with Crippen LogP contribution in [-0.4, -0.2) is 77.3 Å². The van der Waals surface area contributed by atoms with Crippen molar-refractivity contribution in [3.05, 3.63) is 30.1 Å². The predicted molar refractivity (Wildman–Crippen MR) is 95.9 cm³/mol. The van der Waals surface area contributed by atoms with E-state index in [1.807, 2.05) is 24.2 Å². The van der Waals surface area contributed by atoms with Gasteiger partial charge in [-0.05, 0) is 43.9 Å². The van der Waals surface area contributed by atoms with E-state index in [0.29, 0.717) is 19.0 Å². The molecule has 0 unspecified atom stereocenters. The number of rotatable bonds is 3. The summed E-state index contributed by atoms with van der Waals surface area (Å²) < 4.78 is 0. The molecule has 0 radical (unpaired) electrons. The van der Waals surface area contributed by atoms with E-state index >= 15 is 0 Å². The normalized spacial score (nSPS) is 22.9. The van der Waals surface area contributed by atoms with Gasteiger partial charge in [-0.15, -0.1) is 0 Å². The Balaban J connectivity index is 1.53. The number of piperazine rings is 1. The summed E-state index contributed by atoms with van der Waals surface area (Å²) in [7, 11) is 1.98. The summed E-state index contributed by atoms with van der Waals surface area (Å²) in [6.07, 6.45) is 6.85. The molecule has 1 aromatic rings. The van der Waals surface area contributed by atoms with Crippen LogP contribution in [0.25, 0.3) is 0 Å². The molecule has 2 amide bonds. The van der Waals surface area contributed by atoms with Crippen LogP contribution < -0.4 is 0 Å². The molecule has 2 saturated heterocycles. The van der Waals surface area contributed by atoms with Gasteiger partial charge in [-0.3, -0.25) is 19.5 Å². The molecule has 1 aromatic heterocycles. The Bertz CT molecular complexity index is 599. The predicted octanol–water partition coefficient (Wildman–Crippen LogP) is 1.03. The maximum atomic E-state index is 12.9. The van der Waals surface area contributed by atoms with Crippen LogP contribution in [0.15, 0.2) is 24.5 Å². The second-order valence-corrected chi connectivity index (χ2v) is 7.30. The van der Waals surface area contributed by atoms with Gasteiger partial charge in [-0.25, -0.2) is 0 Å². The fourth-order valence-electron chi connectivity index (χ4n) is 3.85. The van der Waals surface area contributed by atoms with E-state index in [1.165, 1.54) is 5.56 Å². The van der Waals surface area contributed by atoms with Crippen molar-refractivity contribution in [2.75, 3.05) is 39.8 Å². The fraction of sp³-hybridized carbons (Fsp3) is 0.632. The third-order valence-corrected chi connectivity index (χ3v) is 5.55. The molecule has 2 aliphatic rings. The molecular formula is C19H28N4O2. The molecule has 0 saturated carbocycles. The molecule has 25 heavy (non-hydrogen) atoms. The van der Waals surface area contributed by atoms with Gasteiger partial charge in [0, 0.05) is 52.0 Å². The number of amides is 2. The Morgan fingerprint density at radius 2 is 1.92 bits per heavy atom. The van der Waals surface area contributed by atoms with Gasteiger partial charge >= 0.3 is 0 Å². The average Bonchev–Trinajstić information content (AvgIpc) is 2.63. The first-order valence-electron chi connectivity index (χ1n) is 9.18. The number of hydrogen-bond donors (Lipinski definition) is 0. The van der Waals surface area contributed by atoms with E-state index in [9.17, 15) is 9.59 Å². The van der Waals surface area contributed by atoms with Crippen molar-refractivity contribution >= 4 is 11.8 Å². The molecule has 136 valence electrons. The number of likely N-dealkylation sites (tertiary alicyclic amines) is 1. The van der Waals surface area contributed by atoms with Gasteiger partial charge in [0.1, 0.15) is 6.04 Å². The van der Waals surface area contributed by atoms with Crippen LogP contribution in [-0.2, 0) is 16.0 Å². The minimum absolute atomic E-state index is 0.0566. The summed E-state index contributed by atoms with van der Waals surface area (Å²) in [6.45, 7) is 5.19. The summed E-state index contributed by atoms with van der Waals surface area (Å²) in [6, 6.07) is 3.90. The number of aromatic nitrogens is 1. The lowest BCUT2D eigenvalue weighted by Gasteiger charge is -2.41. The minimum Gasteiger partial charge on any atom is -0.341 e. The van der Waals surface area contributed by atoms with Gasteiger partial charge in [0.2, 0.25) is 11.8 Å². The second-order valence-electron chi connectivity index (χ2n) is 7.30. The van der Waals surface area contributed by atoms with E-state index in [1.54, 1.807) is 18.0 Å². The zero-order valence-corrected chi connectivity index (χ0v) is 15.2. The van der Waals surface area contributed by atoms with Crippen molar-refractivity contribution < 1.29 is 9.59 Å². The number of piperidine rings is 1. The third kappa shape index (κ3) is 4.37. The van der Waals surface area contributed by atoms with E-state index in [-0.39, 0.29) is 17.9 Å². The molecular weight excluding hydrogens is 316 g/mol. The molecule has 1 atom stereocenters. The summed E-state index contributed by atoms with van der Waals surface area (Å²) in [4.78, 5) is 34.6. The van der Waals surface area contributed by atoms with Crippen LogP contribution in [0, 0.1) is 5.92 Å². The highest BCUT2D eigenvalue weighted by Crippen LogP contribution is 2.23. The SMILES string of the molecule is CC(=O)N1CCN(C)[C@@H](C(=O)N2CCC(Cc3cccnc3)CC2)C1. The molecule has 0 aliphatic carbocycles. The second kappa shape index (κ2) is 7.95. The van der Waals surface area contributed by atoms with Crippen molar-refractivity contribution in [1.29, 1.82) is 0 Å². The van der Waals surface area contributed by atoms with E-state index in [4.69, 9.17) is 0 Å². The summed E-state index contributed by atoms with van der Waals surface area (Å²) in [5.74, 6) is 0.848. The van der Waals surface area contributed by atoms with Gasteiger partial charge < -0.3 is 9.80 Å². The van der Waals surface area contributed by atoms with Gasteiger partial charge in [-0.2, -0.15) is 0 Å². The van der Waals surface area contributed by atoms with E-state index in [2.05, 4.69) is 16.0 Å². The van der Waals surface area contributed by atoms with Crippen LogP contribution in [0.3, 0.4) is 0 Å². The Labute approximate surface area is 149 Å². The highest BCUT2D eigenvalue weighted by molar-refractivity contribution is 5.83. The smallest absolute Gasteiger partial charge is 0.241 e. The lowest BCUT2D eigenvalue weighted by Crippen LogP contribution is -2.59. The average molecular weight is 344 g/mol. The largest absolute Gasteiger partial charge is 0.341 e. The lowest BCUT2D eigenvalue weighted by molar-refractivity contribution is -0.143. The Kier molecular flexibility index (Phi) is 5.68. The third-order valence-electron chi connectivity index (χ3n) is 5.55. The maximum absolute atomic E-state index is 12.9. The number of carbonyl (C=O) groups is 2. The van der Waals surface area contributed by atoms with Crippen molar-refractivity contribution in [1.82, 2.24) is 19.7 Å². The monoisotopic (exact) mass is 344 g/mol. The molecule has 0 spiro atoms. The molecule has 6 nitrogen and oxygen atoms in total. The van der Waals surface area contributed by atoms with Crippen molar-refractivity contribution in [3.63, 3.8) is 0 Å². The summed E-state index contributed by atoms with van der Waals surface area (Å²) in [5.41, 5.74) is 1.27. The van der Waals surface area contributed by atoms with Gasteiger partial charge in [-0.1, -0.05) is 6.07 Å². The Hall–Kier alpha value is -1.95. The molecule has 0 bridgehead atoms. The molecule has 6 heteroatoms. The Morgan fingerprint density at radius 1 is 1.16 bits per heavy atom. The number of nitrogens with zero attached hydrogens (tertiary/aromatic N) is 4. The molecule has 2 fully saturated rings.